The van der Waals surface area contributed by atoms with Crippen molar-refractivity contribution < 1.29 is 9.84 Å². The number of nitrogens with zero attached hydrogens (tertiary/aromatic N) is 3. The number of aryl methyl sites for hydroxylation is 1. The third-order valence-electron chi connectivity index (χ3n) is 4.40. The zero-order valence-electron chi connectivity index (χ0n) is 14.1. The summed E-state index contributed by atoms with van der Waals surface area (Å²) in [5, 5.41) is 14.0. The Labute approximate surface area is 146 Å². The van der Waals surface area contributed by atoms with Crippen molar-refractivity contribution in [3.8, 4) is 5.75 Å². The van der Waals surface area contributed by atoms with Crippen molar-refractivity contribution in [3.05, 3.63) is 48.2 Å². The smallest absolute Gasteiger partial charge is 0.227 e. The maximum Gasteiger partial charge on any atom is 0.227 e. The predicted molar refractivity (Wildman–Crippen MR) is 98.7 cm³/mol. The first-order valence-electron chi connectivity index (χ1n) is 8.35. The summed E-state index contributed by atoms with van der Waals surface area (Å²) in [6, 6.07) is 11.8. The molecule has 1 saturated heterocycles. The number of fused-ring (bicyclic) bond motifs is 1. The molecule has 2 heterocycles. The number of aromatic nitrogens is 2. The van der Waals surface area contributed by atoms with Crippen molar-refractivity contribution in [1.82, 2.24) is 9.97 Å². The average Bonchev–Trinajstić information content (AvgIpc) is 2.64. The Morgan fingerprint density at radius 2 is 1.88 bits per heavy atom. The van der Waals surface area contributed by atoms with E-state index in [4.69, 9.17) is 4.74 Å². The maximum absolute atomic E-state index is 9.86. The van der Waals surface area contributed by atoms with Crippen LogP contribution in [-0.2, 0) is 4.74 Å². The van der Waals surface area contributed by atoms with Crippen molar-refractivity contribution in [2.24, 2.45) is 0 Å². The molecule has 128 valence electrons. The number of anilines is 3. The van der Waals surface area contributed by atoms with Crippen molar-refractivity contribution in [1.29, 1.82) is 0 Å². The fourth-order valence-corrected chi connectivity index (χ4v) is 2.95. The number of phenols is 1. The Kier molecular flexibility index (Phi) is 4.11. The SMILES string of the molecule is Cc1cc2cnc(Nc3ccc(N4CCOCC4)cc3)nc2cc1O. The van der Waals surface area contributed by atoms with Crippen molar-refractivity contribution >= 4 is 28.2 Å². The fourth-order valence-electron chi connectivity index (χ4n) is 2.95. The highest BCUT2D eigenvalue weighted by Gasteiger charge is 2.11. The van der Waals surface area contributed by atoms with Crippen LogP contribution in [0.5, 0.6) is 5.75 Å². The molecule has 1 fully saturated rings. The van der Waals surface area contributed by atoms with Gasteiger partial charge in [-0.1, -0.05) is 0 Å². The van der Waals surface area contributed by atoms with Crippen LogP contribution in [-0.4, -0.2) is 41.4 Å². The van der Waals surface area contributed by atoms with E-state index in [1.807, 2.05) is 25.1 Å². The van der Waals surface area contributed by atoms with E-state index in [1.165, 1.54) is 5.69 Å². The third-order valence-corrected chi connectivity index (χ3v) is 4.40. The number of nitrogens with one attached hydrogen (secondary N) is 1. The summed E-state index contributed by atoms with van der Waals surface area (Å²) in [6.45, 7) is 5.25. The highest BCUT2D eigenvalue weighted by Crippen LogP contribution is 2.25. The molecule has 6 heteroatoms. The van der Waals surface area contributed by atoms with Gasteiger partial charge in [0.2, 0.25) is 5.95 Å². The van der Waals surface area contributed by atoms with Crippen LogP contribution in [0.25, 0.3) is 10.9 Å². The minimum Gasteiger partial charge on any atom is -0.508 e. The van der Waals surface area contributed by atoms with Crippen LogP contribution in [0.4, 0.5) is 17.3 Å². The second-order valence-electron chi connectivity index (χ2n) is 6.16. The predicted octanol–water partition coefficient (Wildman–Crippen LogP) is 3.22. The molecule has 1 aliphatic heterocycles. The van der Waals surface area contributed by atoms with Crippen molar-refractivity contribution in [3.63, 3.8) is 0 Å². The summed E-state index contributed by atoms with van der Waals surface area (Å²) >= 11 is 0. The van der Waals surface area contributed by atoms with Gasteiger partial charge in [-0.05, 0) is 42.8 Å². The lowest BCUT2D eigenvalue weighted by Crippen LogP contribution is -2.36. The summed E-state index contributed by atoms with van der Waals surface area (Å²) < 4.78 is 5.39. The van der Waals surface area contributed by atoms with E-state index in [9.17, 15) is 5.11 Å². The van der Waals surface area contributed by atoms with Crippen LogP contribution in [0.15, 0.2) is 42.6 Å². The van der Waals surface area contributed by atoms with Gasteiger partial charge in [0.1, 0.15) is 5.75 Å². The minimum absolute atomic E-state index is 0.243. The van der Waals surface area contributed by atoms with E-state index in [2.05, 4.69) is 32.3 Å². The molecule has 6 nitrogen and oxygen atoms in total. The second kappa shape index (κ2) is 6.57. The quantitative estimate of drug-likeness (QED) is 0.765. The molecule has 0 unspecified atom stereocenters. The molecule has 25 heavy (non-hydrogen) atoms. The van der Waals surface area contributed by atoms with Crippen molar-refractivity contribution in [2.45, 2.75) is 6.92 Å². The van der Waals surface area contributed by atoms with Crippen LogP contribution < -0.4 is 10.2 Å². The zero-order valence-corrected chi connectivity index (χ0v) is 14.1. The molecule has 2 aromatic carbocycles. The number of rotatable bonds is 3. The molecule has 0 bridgehead atoms. The monoisotopic (exact) mass is 336 g/mol. The number of phenolic OH excluding ortho intramolecular Hbond substituents is 1. The van der Waals surface area contributed by atoms with Crippen molar-refractivity contribution in [2.75, 3.05) is 36.5 Å². The van der Waals surface area contributed by atoms with E-state index in [-0.39, 0.29) is 5.75 Å². The molecule has 3 aromatic rings. The summed E-state index contributed by atoms with van der Waals surface area (Å²) in [6.07, 6.45) is 1.76. The van der Waals surface area contributed by atoms with Crippen LogP contribution in [0.1, 0.15) is 5.56 Å². The maximum atomic E-state index is 9.86. The topological polar surface area (TPSA) is 70.5 Å². The Hall–Kier alpha value is -2.86. The van der Waals surface area contributed by atoms with Crippen LogP contribution in [0.2, 0.25) is 0 Å². The number of benzene rings is 2. The molecular weight excluding hydrogens is 316 g/mol. The Bertz CT molecular complexity index is 890. The number of morpholine rings is 1. The minimum atomic E-state index is 0.243. The van der Waals surface area contributed by atoms with Gasteiger partial charge in [-0.25, -0.2) is 9.97 Å². The first-order valence-corrected chi connectivity index (χ1v) is 8.35. The van der Waals surface area contributed by atoms with Gasteiger partial charge in [0.15, 0.2) is 0 Å². The van der Waals surface area contributed by atoms with Crippen LogP contribution in [0.3, 0.4) is 0 Å². The summed E-state index contributed by atoms with van der Waals surface area (Å²) in [7, 11) is 0. The highest BCUT2D eigenvalue weighted by molar-refractivity contribution is 5.81. The van der Waals surface area contributed by atoms with Crippen LogP contribution in [0, 0.1) is 6.92 Å². The standard InChI is InChI=1S/C19H20N4O2/c1-13-10-14-12-20-19(22-17(14)11-18(13)24)21-15-2-4-16(5-3-15)23-6-8-25-9-7-23/h2-5,10-12,24H,6-9H2,1H3,(H,20,21,22). The van der Waals surface area contributed by atoms with Gasteiger partial charge >= 0.3 is 0 Å². The molecule has 1 aromatic heterocycles. The molecule has 0 saturated carbocycles. The first kappa shape index (κ1) is 15.7. The Balaban J connectivity index is 1.53. The molecule has 0 spiro atoms. The lowest BCUT2D eigenvalue weighted by molar-refractivity contribution is 0.122. The van der Waals surface area contributed by atoms with Gasteiger partial charge in [0, 0.05) is 42.1 Å². The number of hydrogen-bond donors (Lipinski definition) is 2. The summed E-state index contributed by atoms with van der Waals surface area (Å²) in [5.41, 5.74) is 3.64. The molecule has 4 rings (SSSR count). The second-order valence-corrected chi connectivity index (χ2v) is 6.16. The number of aromatic hydroxyl groups is 1. The normalized spacial score (nSPS) is 14.7. The van der Waals surface area contributed by atoms with E-state index in [0.29, 0.717) is 11.5 Å². The molecule has 0 atom stereocenters. The highest BCUT2D eigenvalue weighted by atomic mass is 16.5. The van der Waals surface area contributed by atoms with Gasteiger partial charge < -0.3 is 20.1 Å². The fraction of sp³-hybridized carbons (Fsp3) is 0.263. The third kappa shape index (κ3) is 3.34. The Morgan fingerprint density at radius 1 is 1.12 bits per heavy atom. The van der Waals surface area contributed by atoms with Gasteiger partial charge in [-0.15, -0.1) is 0 Å². The molecule has 2 N–H and O–H groups in total. The van der Waals surface area contributed by atoms with Gasteiger partial charge in [0.05, 0.1) is 18.7 Å². The lowest BCUT2D eigenvalue weighted by atomic mass is 10.1. The van der Waals surface area contributed by atoms with Gasteiger partial charge in [-0.3, -0.25) is 0 Å². The molecular formula is C19H20N4O2. The number of hydrogen-bond acceptors (Lipinski definition) is 6. The zero-order chi connectivity index (χ0) is 17.2. The molecule has 1 aliphatic rings. The average molecular weight is 336 g/mol. The van der Waals surface area contributed by atoms with Crippen LogP contribution >= 0.6 is 0 Å². The van der Waals surface area contributed by atoms with E-state index in [0.717, 1.165) is 42.9 Å². The summed E-state index contributed by atoms with van der Waals surface area (Å²) in [4.78, 5) is 11.1. The largest absolute Gasteiger partial charge is 0.508 e. The van der Waals surface area contributed by atoms with Gasteiger partial charge in [0.25, 0.3) is 0 Å². The molecule has 0 aliphatic carbocycles. The number of ether oxygens (including phenoxy) is 1. The van der Waals surface area contributed by atoms with E-state index >= 15 is 0 Å². The first-order chi connectivity index (χ1) is 12.2. The van der Waals surface area contributed by atoms with E-state index < -0.39 is 0 Å². The van der Waals surface area contributed by atoms with Gasteiger partial charge in [-0.2, -0.15) is 0 Å². The van der Waals surface area contributed by atoms with E-state index in [1.54, 1.807) is 12.3 Å². The Morgan fingerprint density at radius 3 is 2.64 bits per heavy atom. The molecule has 0 amide bonds. The summed E-state index contributed by atoms with van der Waals surface area (Å²) in [5.74, 6) is 0.752. The molecule has 0 radical (unpaired) electrons. The lowest BCUT2D eigenvalue weighted by Gasteiger charge is -2.28.